The van der Waals surface area contributed by atoms with Crippen LogP contribution in [0.5, 0.6) is 0 Å². The Morgan fingerprint density at radius 3 is 2.68 bits per heavy atom. The average Bonchev–Trinajstić information content (AvgIpc) is 2.35. The summed E-state index contributed by atoms with van der Waals surface area (Å²) in [5.74, 6) is -0.319. The molecule has 1 aliphatic heterocycles. The lowest BCUT2D eigenvalue weighted by atomic mass is 10.2. The second kappa shape index (κ2) is 4.99. The maximum Gasteiger partial charge on any atom is 0.243 e. The maximum atomic E-state index is 12.4. The van der Waals surface area contributed by atoms with Crippen LogP contribution < -0.4 is 11.1 Å². The Labute approximate surface area is 116 Å². The number of carbonyl (C=O) groups is 1. The minimum atomic E-state index is -3.75. The summed E-state index contributed by atoms with van der Waals surface area (Å²) in [6.45, 7) is 2.06. The number of amides is 1. The number of rotatable bonds is 2. The smallest absolute Gasteiger partial charge is 0.243 e. The first-order valence-corrected chi connectivity index (χ1v) is 7.46. The Morgan fingerprint density at radius 1 is 1.42 bits per heavy atom. The van der Waals surface area contributed by atoms with Gasteiger partial charge in [-0.3, -0.25) is 4.79 Å². The molecule has 0 atom stereocenters. The highest BCUT2D eigenvalue weighted by Crippen LogP contribution is 2.27. The largest absolute Gasteiger partial charge is 0.398 e. The quantitative estimate of drug-likeness (QED) is 0.771. The zero-order chi connectivity index (χ0) is 14.2. The van der Waals surface area contributed by atoms with Crippen molar-refractivity contribution < 1.29 is 13.2 Å². The standard InChI is InChI=1S/C11H14ClN3O3S/c1-7-9(12)4-8(5-10(7)13)19(17,18)15-3-2-14-11(16)6-15/h4-5H,2-3,6,13H2,1H3,(H,14,16). The summed E-state index contributed by atoms with van der Waals surface area (Å²) in [6, 6.07) is 2.72. The van der Waals surface area contributed by atoms with E-state index in [9.17, 15) is 13.2 Å². The summed E-state index contributed by atoms with van der Waals surface area (Å²) in [5, 5.41) is 2.86. The number of nitrogens with one attached hydrogen (secondary N) is 1. The number of carbonyl (C=O) groups excluding carboxylic acids is 1. The van der Waals surface area contributed by atoms with E-state index in [1.54, 1.807) is 6.92 Å². The Morgan fingerprint density at radius 2 is 2.11 bits per heavy atom. The maximum absolute atomic E-state index is 12.4. The van der Waals surface area contributed by atoms with Gasteiger partial charge < -0.3 is 11.1 Å². The van der Waals surface area contributed by atoms with Crippen LogP contribution in [0.4, 0.5) is 5.69 Å². The van der Waals surface area contributed by atoms with Gasteiger partial charge in [0.05, 0.1) is 11.4 Å². The van der Waals surface area contributed by atoms with Crippen LogP contribution >= 0.6 is 11.6 Å². The minimum absolute atomic E-state index is 0.00954. The molecule has 1 saturated heterocycles. The first kappa shape index (κ1) is 14.1. The van der Waals surface area contributed by atoms with Crippen molar-refractivity contribution in [2.75, 3.05) is 25.4 Å². The predicted molar refractivity (Wildman–Crippen MR) is 72.4 cm³/mol. The molecule has 0 aromatic heterocycles. The van der Waals surface area contributed by atoms with Gasteiger partial charge in [-0.15, -0.1) is 0 Å². The molecule has 6 nitrogen and oxygen atoms in total. The molecule has 8 heteroatoms. The topological polar surface area (TPSA) is 92.5 Å². The monoisotopic (exact) mass is 303 g/mol. The summed E-state index contributed by atoms with van der Waals surface area (Å²) in [4.78, 5) is 11.3. The fourth-order valence-corrected chi connectivity index (χ4v) is 3.54. The van der Waals surface area contributed by atoms with Gasteiger partial charge in [-0.2, -0.15) is 4.31 Å². The predicted octanol–water partition coefficient (Wildman–Crippen LogP) is 0.351. The third kappa shape index (κ3) is 2.68. The second-order valence-electron chi connectivity index (χ2n) is 4.31. The van der Waals surface area contributed by atoms with E-state index in [0.717, 1.165) is 4.31 Å². The first-order chi connectivity index (χ1) is 8.82. The van der Waals surface area contributed by atoms with E-state index in [-0.39, 0.29) is 23.9 Å². The number of piperazine rings is 1. The highest BCUT2D eigenvalue weighted by atomic mass is 35.5. The number of nitrogens with zero attached hydrogens (tertiary/aromatic N) is 1. The van der Waals surface area contributed by atoms with Crippen LogP contribution in [-0.2, 0) is 14.8 Å². The third-order valence-corrected chi connectivity index (χ3v) is 5.21. The molecule has 104 valence electrons. The van der Waals surface area contributed by atoms with Crippen molar-refractivity contribution in [3.8, 4) is 0 Å². The molecule has 0 spiro atoms. The lowest BCUT2D eigenvalue weighted by Gasteiger charge is -2.26. The molecule has 1 amide bonds. The van der Waals surface area contributed by atoms with Gasteiger partial charge in [-0.1, -0.05) is 11.6 Å². The van der Waals surface area contributed by atoms with Crippen molar-refractivity contribution in [2.24, 2.45) is 0 Å². The third-order valence-electron chi connectivity index (χ3n) is 3.00. The summed E-state index contributed by atoms with van der Waals surface area (Å²) >= 11 is 5.95. The Bertz CT molecular complexity index is 607. The van der Waals surface area contributed by atoms with Gasteiger partial charge in [-0.05, 0) is 24.6 Å². The van der Waals surface area contributed by atoms with Crippen molar-refractivity contribution in [1.82, 2.24) is 9.62 Å². The molecule has 0 bridgehead atoms. The fourth-order valence-electron chi connectivity index (χ4n) is 1.79. The summed E-state index contributed by atoms with van der Waals surface area (Å²) < 4.78 is 25.9. The molecule has 0 saturated carbocycles. The SMILES string of the molecule is Cc1c(N)cc(S(=O)(=O)N2CCNC(=O)C2)cc1Cl. The van der Waals surface area contributed by atoms with Crippen molar-refractivity contribution in [3.63, 3.8) is 0 Å². The molecule has 1 aliphatic rings. The van der Waals surface area contributed by atoms with Crippen molar-refractivity contribution in [2.45, 2.75) is 11.8 Å². The van der Waals surface area contributed by atoms with E-state index >= 15 is 0 Å². The van der Waals surface area contributed by atoms with E-state index in [1.807, 2.05) is 0 Å². The van der Waals surface area contributed by atoms with Crippen LogP contribution in [0.25, 0.3) is 0 Å². The van der Waals surface area contributed by atoms with Gasteiger partial charge in [-0.25, -0.2) is 8.42 Å². The molecular weight excluding hydrogens is 290 g/mol. The summed E-state index contributed by atoms with van der Waals surface area (Å²) in [5.41, 5.74) is 6.68. The molecule has 3 N–H and O–H groups in total. The number of hydrogen-bond acceptors (Lipinski definition) is 4. The molecule has 0 unspecified atom stereocenters. The number of anilines is 1. The van der Waals surface area contributed by atoms with Crippen LogP contribution in [0.1, 0.15) is 5.56 Å². The molecule has 0 aliphatic carbocycles. The molecule has 0 radical (unpaired) electrons. The van der Waals surface area contributed by atoms with Crippen LogP contribution in [-0.4, -0.2) is 38.3 Å². The van der Waals surface area contributed by atoms with Crippen LogP contribution in [0.15, 0.2) is 17.0 Å². The summed E-state index contributed by atoms with van der Waals surface area (Å²) in [7, 11) is -3.75. The van der Waals surface area contributed by atoms with Gasteiger partial charge in [0.25, 0.3) is 0 Å². The molecular formula is C11H14ClN3O3S. The zero-order valence-corrected chi connectivity index (χ0v) is 11.9. The number of benzene rings is 1. The van der Waals surface area contributed by atoms with E-state index in [1.165, 1.54) is 12.1 Å². The van der Waals surface area contributed by atoms with Gasteiger partial charge >= 0.3 is 0 Å². The summed E-state index contributed by atoms with van der Waals surface area (Å²) in [6.07, 6.45) is 0. The Balaban J connectivity index is 2.42. The highest BCUT2D eigenvalue weighted by Gasteiger charge is 2.29. The first-order valence-electron chi connectivity index (χ1n) is 5.65. The van der Waals surface area contributed by atoms with Crippen LogP contribution in [0.2, 0.25) is 5.02 Å². The van der Waals surface area contributed by atoms with Gasteiger partial charge in [0.2, 0.25) is 15.9 Å². The molecule has 1 aromatic carbocycles. The van der Waals surface area contributed by atoms with E-state index in [0.29, 0.717) is 22.8 Å². The van der Waals surface area contributed by atoms with Gasteiger partial charge in [0.1, 0.15) is 0 Å². The Hall–Kier alpha value is -1.31. The molecule has 1 fully saturated rings. The van der Waals surface area contributed by atoms with Gasteiger partial charge in [0.15, 0.2) is 0 Å². The zero-order valence-electron chi connectivity index (χ0n) is 10.3. The lowest BCUT2D eigenvalue weighted by Crippen LogP contribution is -2.49. The molecule has 19 heavy (non-hydrogen) atoms. The van der Waals surface area contributed by atoms with Crippen LogP contribution in [0.3, 0.4) is 0 Å². The number of hydrogen-bond donors (Lipinski definition) is 2. The number of sulfonamides is 1. The van der Waals surface area contributed by atoms with Gasteiger partial charge in [0, 0.05) is 23.8 Å². The molecule has 2 rings (SSSR count). The normalized spacial score (nSPS) is 17.3. The van der Waals surface area contributed by atoms with Crippen molar-refractivity contribution >= 4 is 33.2 Å². The molecule has 1 heterocycles. The number of halogens is 1. The van der Waals surface area contributed by atoms with E-state index in [4.69, 9.17) is 17.3 Å². The second-order valence-corrected chi connectivity index (χ2v) is 6.65. The van der Waals surface area contributed by atoms with Crippen LogP contribution in [0, 0.1) is 6.92 Å². The Kier molecular flexibility index (Phi) is 3.71. The minimum Gasteiger partial charge on any atom is -0.398 e. The average molecular weight is 304 g/mol. The number of nitrogen functional groups attached to an aromatic ring is 1. The van der Waals surface area contributed by atoms with E-state index in [2.05, 4.69) is 5.32 Å². The van der Waals surface area contributed by atoms with Crippen molar-refractivity contribution in [1.29, 1.82) is 0 Å². The number of nitrogens with two attached hydrogens (primary N) is 1. The highest BCUT2D eigenvalue weighted by molar-refractivity contribution is 7.89. The van der Waals surface area contributed by atoms with E-state index < -0.39 is 10.0 Å². The molecule has 1 aromatic rings. The lowest BCUT2D eigenvalue weighted by molar-refractivity contribution is -0.122. The van der Waals surface area contributed by atoms with Crippen molar-refractivity contribution in [3.05, 3.63) is 22.7 Å². The fraction of sp³-hybridized carbons (Fsp3) is 0.364.